The van der Waals surface area contributed by atoms with Crippen molar-refractivity contribution in [2.45, 2.75) is 32.6 Å². The van der Waals surface area contributed by atoms with Crippen LogP contribution in [0, 0.1) is 11.8 Å². The maximum absolute atomic E-state index is 12.8. The Morgan fingerprint density at radius 2 is 2.06 bits per heavy atom. The molecule has 3 heteroatoms. The molecule has 2 rings (SSSR count). The van der Waals surface area contributed by atoms with Crippen molar-refractivity contribution in [2.24, 2.45) is 11.8 Å². The summed E-state index contributed by atoms with van der Waals surface area (Å²) in [5, 5.41) is 3.41. The predicted octanol–water partition coefficient (Wildman–Crippen LogP) is 3.97. The van der Waals surface area contributed by atoms with Crippen LogP contribution in [0.15, 0.2) is 24.3 Å². The van der Waals surface area contributed by atoms with Crippen LogP contribution in [0.4, 0.5) is 8.78 Å². The lowest BCUT2D eigenvalue weighted by atomic mass is 9.75. The monoisotopic (exact) mass is 253 g/mol. The number of halogens is 2. The summed E-state index contributed by atoms with van der Waals surface area (Å²) in [5.74, 6) is 1.51. The van der Waals surface area contributed by atoms with E-state index in [-0.39, 0.29) is 5.56 Å². The molecule has 18 heavy (non-hydrogen) atoms. The third-order valence-corrected chi connectivity index (χ3v) is 3.98. The van der Waals surface area contributed by atoms with Crippen molar-refractivity contribution in [1.29, 1.82) is 0 Å². The molecular weight excluding hydrogens is 232 g/mol. The maximum Gasteiger partial charge on any atom is 0.263 e. The number of piperidine rings is 1. The average molecular weight is 253 g/mol. The molecule has 1 aromatic rings. The Morgan fingerprint density at radius 3 is 2.72 bits per heavy atom. The fourth-order valence-electron chi connectivity index (χ4n) is 2.92. The van der Waals surface area contributed by atoms with Crippen LogP contribution in [-0.4, -0.2) is 13.1 Å². The van der Waals surface area contributed by atoms with Crippen molar-refractivity contribution in [3.8, 4) is 0 Å². The number of hydrogen-bond donors (Lipinski definition) is 1. The van der Waals surface area contributed by atoms with Gasteiger partial charge in [0.15, 0.2) is 0 Å². The summed E-state index contributed by atoms with van der Waals surface area (Å²) >= 11 is 0. The Hall–Kier alpha value is -0.960. The Labute approximate surface area is 108 Å². The molecule has 1 saturated heterocycles. The van der Waals surface area contributed by atoms with Crippen molar-refractivity contribution in [2.75, 3.05) is 13.1 Å². The van der Waals surface area contributed by atoms with E-state index in [0.717, 1.165) is 25.1 Å². The highest BCUT2D eigenvalue weighted by molar-refractivity contribution is 5.28. The molecule has 1 aromatic carbocycles. The zero-order valence-electron chi connectivity index (χ0n) is 11.0. The molecule has 2 unspecified atom stereocenters. The van der Waals surface area contributed by atoms with E-state index in [4.69, 9.17) is 0 Å². The van der Waals surface area contributed by atoms with Gasteiger partial charge < -0.3 is 5.32 Å². The van der Waals surface area contributed by atoms with E-state index in [0.29, 0.717) is 17.8 Å². The Balaban J connectivity index is 2.25. The third-order valence-electron chi connectivity index (χ3n) is 3.98. The second-order valence-electron chi connectivity index (χ2n) is 5.48. The lowest BCUT2D eigenvalue weighted by Gasteiger charge is -2.35. The van der Waals surface area contributed by atoms with E-state index in [1.807, 2.05) is 6.07 Å². The predicted molar refractivity (Wildman–Crippen MR) is 70.0 cm³/mol. The van der Waals surface area contributed by atoms with Gasteiger partial charge >= 0.3 is 0 Å². The summed E-state index contributed by atoms with van der Waals surface area (Å²) in [6.07, 6.45) is -1.33. The Bertz CT molecular complexity index is 390. The van der Waals surface area contributed by atoms with E-state index in [1.165, 1.54) is 6.07 Å². The smallest absolute Gasteiger partial charge is 0.263 e. The summed E-state index contributed by atoms with van der Waals surface area (Å²) in [6.45, 7) is 6.39. The molecule has 1 heterocycles. The molecule has 1 fully saturated rings. The third kappa shape index (κ3) is 2.89. The van der Waals surface area contributed by atoms with Gasteiger partial charge in [-0.25, -0.2) is 8.78 Å². The number of nitrogens with one attached hydrogen (secondary N) is 1. The minimum Gasteiger partial charge on any atom is -0.316 e. The number of hydrogen-bond acceptors (Lipinski definition) is 1. The zero-order chi connectivity index (χ0) is 13.1. The molecule has 1 aliphatic heterocycles. The van der Waals surface area contributed by atoms with Crippen LogP contribution in [0.25, 0.3) is 0 Å². The molecule has 0 amide bonds. The van der Waals surface area contributed by atoms with Gasteiger partial charge in [0.05, 0.1) is 0 Å². The highest BCUT2D eigenvalue weighted by atomic mass is 19.3. The van der Waals surface area contributed by atoms with Crippen LogP contribution in [0.1, 0.15) is 43.7 Å². The van der Waals surface area contributed by atoms with Gasteiger partial charge in [0.2, 0.25) is 0 Å². The van der Waals surface area contributed by atoms with E-state index < -0.39 is 6.43 Å². The molecule has 0 spiro atoms. The molecular formula is C15H21F2N. The van der Waals surface area contributed by atoms with Crippen molar-refractivity contribution in [3.05, 3.63) is 35.4 Å². The van der Waals surface area contributed by atoms with Crippen molar-refractivity contribution in [3.63, 3.8) is 0 Å². The Kier molecular flexibility index (Phi) is 4.33. The second kappa shape index (κ2) is 5.79. The van der Waals surface area contributed by atoms with Crippen molar-refractivity contribution >= 4 is 0 Å². The zero-order valence-corrected chi connectivity index (χ0v) is 11.0. The fraction of sp³-hybridized carbons (Fsp3) is 0.600. The lowest BCUT2D eigenvalue weighted by molar-refractivity contribution is 0.151. The number of benzene rings is 1. The first-order chi connectivity index (χ1) is 8.59. The molecule has 1 nitrogen and oxygen atoms in total. The lowest BCUT2D eigenvalue weighted by Crippen LogP contribution is -2.38. The van der Waals surface area contributed by atoms with Gasteiger partial charge in [-0.1, -0.05) is 32.0 Å². The summed E-state index contributed by atoms with van der Waals surface area (Å²) in [7, 11) is 0. The van der Waals surface area contributed by atoms with Gasteiger partial charge in [-0.3, -0.25) is 0 Å². The minimum atomic E-state index is -2.37. The topological polar surface area (TPSA) is 12.0 Å². The molecule has 2 atom stereocenters. The molecule has 1 N–H and O–H groups in total. The van der Waals surface area contributed by atoms with Gasteiger partial charge in [-0.15, -0.1) is 0 Å². The van der Waals surface area contributed by atoms with Gasteiger partial charge in [0.1, 0.15) is 0 Å². The van der Waals surface area contributed by atoms with Crippen LogP contribution >= 0.6 is 0 Å². The summed E-state index contributed by atoms with van der Waals surface area (Å²) in [4.78, 5) is 0. The largest absolute Gasteiger partial charge is 0.316 e. The SMILES string of the molecule is CC(C)C1CNCCC1c1cccc(C(F)F)c1. The number of rotatable bonds is 3. The van der Waals surface area contributed by atoms with Gasteiger partial charge in [-0.2, -0.15) is 0 Å². The molecule has 0 saturated carbocycles. The Morgan fingerprint density at radius 1 is 1.28 bits per heavy atom. The first-order valence-electron chi connectivity index (χ1n) is 6.68. The van der Waals surface area contributed by atoms with E-state index in [1.54, 1.807) is 12.1 Å². The minimum absolute atomic E-state index is 0.147. The quantitative estimate of drug-likeness (QED) is 0.859. The van der Waals surface area contributed by atoms with Crippen LogP contribution in [0.3, 0.4) is 0 Å². The highest BCUT2D eigenvalue weighted by Gasteiger charge is 2.28. The van der Waals surface area contributed by atoms with Crippen LogP contribution in [0.2, 0.25) is 0 Å². The molecule has 1 aliphatic rings. The molecule has 0 aromatic heterocycles. The maximum atomic E-state index is 12.8. The van der Waals surface area contributed by atoms with Crippen molar-refractivity contribution in [1.82, 2.24) is 5.32 Å². The molecule has 0 bridgehead atoms. The van der Waals surface area contributed by atoms with E-state index in [2.05, 4.69) is 19.2 Å². The van der Waals surface area contributed by atoms with Gasteiger partial charge in [0, 0.05) is 5.56 Å². The van der Waals surface area contributed by atoms with Crippen LogP contribution in [-0.2, 0) is 0 Å². The molecule has 100 valence electrons. The van der Waals surface area contributed by atoms with Crippen LogP contribution < -0.4 is 5.32 Å². The number of alkyl halides is 2. The van der Waals surface area contributed by atoms with Crippen LogP contribution in [0.5, 0.6) is 0 Å². The molecule has 0 aliphatic carbocycles. The van der Waals surface area contributed by atoms with Crippen molar-refractivity contribution < 1.29 is 8.78 Å². The summed E-state index contributed by atoms with van der Waals surface area (Å²) in [6, 6.07) is 6.96. The summed E-state index contributed by atoms with van der Waals surface area (Å²) in [5.41, 5.74) is 1.22. The first kappa shape index (κ1) is 13.5. The van der Waals surface area contributed by atoms with Gasteiger partial charge in [0.25, 0.3) is 6.43 Å². The normalized spacial score (nSPS) is 24.8. The van der Waals surface area contributed by atoms with E-state index >= 15 is 0 Å². The molecule has 0 radical (unpaired) electrons. The van der Waals surface area contributed by atoms with Gasteiger partial charge in [-0.05, 0) is 48.9 Å². The highest BCUT2D eigenvalue weighted by Crippen LogP contribution is 2.36. The fourth-order valence-corrected chi connectivity index (χ4v) is 2.92. The summed E-state index contributed by atoms with van der Waals surface area (Å²) < 4.78 is 25.5. The average Bonchev–Trinajstić information content (AvgIpc) is 2.39. The second-order valence-corrected chi connectivity index (χ2v) is 5.48. The van der Waals surface area contributed by atoms with E-state index in [9.17, 15) is 8.78 Å². The standard InChI is InChI=1S/C15H21F2N/c1-10(2)14-9-18-7-6-13(14)11-4-3-5-12(8-11)15(16)17/h3-5,8,10,13-15,18H,6-7,9H2,1-2H3. The first-order valence-corrected chi connectivity index (χ1v) is 6.68.